The van der Waals surface area contributed by atoms with Crippen LogP contribution in [0.15, 0.2) is 47.2 Å². The SMILES string of the molecule is Clc1ccc(C(NCc2ccn[nH]2)c2ccco2)s1. The number of thiophene rings is 1. The van der Waals surface area contributed by atoms with Gasteiger partial charge in [-0.2, -0.15) is 5.10 Å². The number of aromatic nitrogens is 2. The van der Waals surface area contributed by atoms with Crippen LogP contribution < -0.4 is 5.32 Å². The van der Waals surface area contributed by atoms with E-state index in [1.807, 2.05) is 30.3 Å². The first-order chi connectivity index (χ1) is 9.33. The number of hydrogen-bond donors (Lipinski definition) is 2. The van der Waals surface area contributed by atoms with Crippen LogP contribution in [0.25, 0.3) is 0 Å². The van der Waals surface area contributed by atoms with Crippen molar-refractivity contribution in [3.8, 4) is 0 Å². The first-order valence-electron chi connectivity index (χ1n) is 5.83. The van der Waals surface area contributed by atoms with Crippen LogP contribution in [-0.2, 0) is 6.54 Å². The molecule has 3 aromatic heterocycles. The standard InChI is InChI=1S/C13H12ClN3OS/c14-12-4-3-11(19-12)13(10-2-1-7-18-10)15-8-9-5-6-16-17-9/h1-7,13,15H,8H2,(H,16,17). The Hall–Kier alpha value is -1.56. The minimum absolute atomic E-state index is 0.00389. The molecule has 19 heavy (non-hydrogen) atoms. The van der Waals surface area contributed by atoms with Gasteiger partial charge < -0.3 is 4.42 Å². The molecule has 0 aliphatic heterocycles. The minimum atomic E-state index is -0.00389. The summed E-state index contributed by atoms with van der Waals surface area (Å²) in [5, 5.41) is 10.3. The summed E-state index contributed by atoms with van der Waals surface area (Å²) in [6, 6.07) is 9.69. The second-order valence-corrected chi connectivity index (χ2v) is 5.80. The summed E-state index contributed by atoms with van der Waals surface area (Å²) in [7, 11) is 0. The summed E-state index contributed by atoms with van der Waals surface area (Å²) in [5.41, 5.74) is 1.03. The van der Waals surface area contributed by atoms with E-state index < -0.39 is 0 Å². The monoisotopic (exact) mass is 293 g/mol. The molecule has 1 unspecified atom stereocenters. The Morgan fingerprint density at radius 2 is 2.32 bits per heavy atom. The van der Waals surface area contributed by atoms with E-state index in [-0.39, 0.29) is 6.04 Å². The van der Waals surface area contributed by atoms with Crippen LogP contribution in [0.5, 0.6) is 0 Å². The van der Waals surface area contributed by atoms with Crippen molar-refractivity contribution in [2.24, 2.45) is 0 Å². The van der Waals surface area contributed by atoms with E-state index in [1.54, 1.807) is 23.8 Å². The lowest BCUT2D eigenvalue weighted by Gasteiger charge is -2.14. The Bertz CT molecular complexity index is 618. The lowest BCUT2D eigenvalue weighted by Crippen LogP contribution is -2.21. The summed E-state index contributed by atoms with van der Waals surface area (Å²) in [5.74, 6) is 0.873. The molecule has 4 nitrogen and oxygen atoms in total. The van der Waals surface area contributed by atoms with Crippen molar-refractivity contribution in [1.82, 2.24) is 15.5 Å². The molecule has 0 aromatic carbocycles. The lowest BCUT2D eigenvalue weighted by molar-refractivity contribution is 0.447. The zero-order valence-corrected chi connectivity index (χ0v) is 11.5. The highest BCUT2D eigenvalue weighted by Gasteiger charge is 2.18. The van der Waals surface area contributed by atoms with Crippen molar-refractivity contribution in [2.45, 2.75) is 12.6 Å². The van der Waals surface area contributed by atoms with Crippen molar-refractivity contribution in [3.05, 3.63) is 63.5 Å². The fourth-order valence-electron chi connectivity index (χ4n) is 1.88. The number of rotatable bonds is 5. The van der Waals surface area contributed by atoms with Crippen LogP contribution in [0.3, 0.4) is 0 Å². The number of hydrogen-bond acceptors (Lipinski definition) is 4. The number of H-pyrrole nitrogens is 1. The van der Waals surface area contributed by atoms with E-state index in [9.17, 15) is 0 Å². The van der Waals surface area contributed by atoms with Gasteiger partial charge in [0.15, 0.2) is 0 Å². The maximum Gasteiger partial charge on any atom is 0.126 e. The normalized spacial score (nSPS) is 12.7. The Morgan fingerprint density at radius 3 is 2.95 bits per heavy atom. The largest absolute Gasteiger partial charge is 0.467 e. The van der Waals surface area contributed by atoms with Gasteiger partial charge in [0.2, 0.25) is 0 Å². The van der Waals surface area contributed by atoms with Crippen LogP contribution >= 0.6 is 22.9 Å². The second kappa shape index (κ2) is 5.61. The lowest BCUT2D eigenvalue weighted by atomic mass is 10.2. The van der Waals surface area contributed by atoms with Crippen LogP contribution in [0.1, 0.15) is 22.4 Å². The molecule has 0 spiro atoms. The van der Waals surface area contributed by atoms with E-state index in [0.717, 1.165) is 20.7 Å². The molecule has 0 bridgehead atoms. The summed E-state index contributed by atoms with van der Waals surface area (Å²) in [6.45, 7) is 0.681. The molecule has 0 saturated heterocycles. The Kier molecular flexibility index (Phi) is 3.68. The molecule has 98 valence electrons. The van der Waals surface area contributed by atoms with Gasteiger partial charge in [-0.3, -0.25) is 10.4 Å². The molecule has 1 atom stereocenters. The summed E-state index contributed by atoms with van der Waals surface area (Å²) in [4.78, 5) is 1.12. The van der Waals surface area contributed by atoms with E-state index in [4.69, 9.17) is 16.0 Å². The van der Waals surface area contributed by atoms with Gasteiger partial charge in [0.25, 0.3) is 0 Å². The summed E-state index contributed by atoms with van der Waals surface area (Å²) < 4.78 is 6.28. The quantitative estimate of drug-likeness (QED) is 0.756. The van der Waals surface area contributed by atoms with Gasteiger partial charge in [-0.05, 0) is 30.3 Å². The molecule has 6 heteroatoms. The van der Waals surface area contributed by atoms with Crippen molar-refractivity contribution in [2.75, 3.05) is 0 Å². The average Bonchev–Trinajstić information content (AvgIpc) is 3.11. The van der Waals surface area contributed by atoms with Crippen LogP contribution in [0.4, 0.5) is 0 Å². The van der Waals surface area contributed by atoms with Gasteiger partial charge in [0, 0.05) is 23.3 Å². The number of nitrogens with zero attached hydrogens (tertiary/aromatic N) is 1. The van der Waals surface area contributed by atoms with E-state index in [1.165, 1.54) is 0 Å². The van der Waals surface area contributed by atoms with Gasteiger partial charge in [-0.1, -0.05) is 11.6 Å². The van der Waals surface area contributed by atoms with Crippen LogP contribution in [0, 0.1) is 0 Å². The molecular weight excluding hydrogens is 282 g/mol. The van der Waals surface area contributed by atoms with E-state index in [0.29, 0.717) is 6.54 Å². The summed E-state index contributed by atoms with van der Waals surface area (Å²) in [6.07, 6.45) is 3.41. The number of halogens is 1. The highest BCUT2D eigenvalue weighted by atomic mass is 35.5. The number of aromatic amines is 1. The van der Waals surface area contributed by atoms with E-state index in [2.05, 4.69) is 15.5 Å². The second-order valence-electron chi connectivity index (χ2n) is 4.05. The maximum atomic E-state index is 6.01. The molecule has 0 aliphatic rings. The fraction of sp³-hybridized carbons (Fsp3) is 0.154. The van der Waals surface area contributed by atoms with Crippen molar-refractivity contribution in [3.63, 3.8) is 0 Å². The first kappa shape index (κ1) is 12.5. The van der Waals surface area contributed by atoms with E-state index >= 15 is 0 Å². The third-order valence-corrected chi connectivity index (χ3v) is 4.06. The Morgan fingerprint density at radius 1 is 1.37 bits per heavy atom. The maximum absolute atomic E-state index is 6.01. The smallest absolute Gasteiger partial charge is 0.126 e. The van der Waals surface area contributed by atoms with Gasteiger partial charge in [-0.25, -0.2) is 0 Å². The molecule has 2 N–H and O–H groups in total. The molecule has 0 saturated carbocycles. The van der Waals surface area contributed by atoms with Gasteiger partial charge >= 0.3 is 0 Å². The molecule has 0 fully saturated rings. The third kappa shape index (κ3) is 2.89. The van der Waals surface area contributed by atoms with Crippen molar-refractivity contribution < 1.29 is 4.42 Å². The van der Waals surface area contributed by atoms with Gasteiger partial charge in [0.05, 0.1) is 10.6 Å². The highest BCUT2D eigenvalue weighted by molar-refractivity contribution is 7.16. The number of furan rings is 1. The first-order valence-corrected chi connectivity index (χ1v) is 7.02. The minimum Gasteiger partial charge on any atom is -0.467 e. The zero-order valence-electron chi connectivity index (χ0n) is 9.97. The molecule has 0 amide bonds. The fourth-order valence-corrected chi connectivity index (χ4v) is 3.02. The Balaban J connectivity index is 1.80. The zero-order chi connectivity index (χ0) is 13.1. The van der Waals surface area contributed by atoms with Gasteiger partial charge in [-0.15, -0.1) is 11.3 Å². The topological polar surface area (TPSA) is 53.9 Å². The summed E-state index contributed by atoms with van der Waals surface area (Å²) >= 11 is 7.56. The molecule has 3 rings (SSSR count). The third-order valence-electron chi connectivity index (χ3n) is 2.76. The predicted octanol–water partition coefficient (Wildman–Crippen LogP) is 3.60. The molecular formula is C13H12ClN3OS. The molecule has 0 radical (unpaired) electrons. The van der Waals surface area contributed by atoms with Gasteiger partial charge in [0.1, 0.15) is 11.8 Å². The van der Waals surface area contributed by atoms with Crippen LogP contribution in [0.2, 0.25) is 4.34 Å². The highest BCUT2D eigenvalue weighted by Crippen LogP contribution is 2.31. The average molecular weight is 294 g/mol. The molecule has 3 heterocycles. The molecule has 3 aromatic rings. The van der Waals surface area contributed by atoms with Crippen LogP contribution in [-0.4, -0.2) is 10.2 Å². The molecule has 0 aliphatic carbocycles. The predicted molar refractivity (Wildman–Crippen MR) is 75.3 cm³/mol. The van der Waals surface area contributed by atoms with Crippen molar-refractivity contribution >= 4 is 22.9 Å². The number of nitrogens with one attached hydrogen (secondary N) is 2. The van der Waals surface area contributed by atoms with Crippen molar-refractivity contribution in [1.29, 1.82) is 0 Å². The Labute approximate surface area is 119 Å².